The Morgan fingerprint density at radius 1 is 1.36 bits per heavy atom. The van der Waals surface area contributed by atoms with E-state index in [1.807, 2.05) is 25.1 Å². The fourth-order valence-electron chi connectivity index (χ4n) is 2.46. The fourth-order valence-corrected chi connectivity index (χ4v) is 3.59. The predicted molar refractivity (Wildman–Crippen MR) is 94.3 cm³/mol. The van der Waals surface area contributed by atoms with Crippen molar-refractivity contribution in [1.82, 2.24) is 14.1 Å². The van der Waals surface area contributed by atoms with Crippen molar-refractivity contribution in [1.29, 1.82) is 0 Å². The number of carbonyl (C=O) groups excluding carboxylic acids is 2. The first kappa shape index (κ1) is 17.1. The molecule has 0 saturated heterocycles. The Morgan fingerprint density at radius 3 is 2.84 bits per heavy atom. The van der Waals surface area contributed by atoms with Gasteiger partial charge in [-0.25, -0.2) is 4.98 Å². The maximum atomic E-state index is 12.4. The van der Waals surface area contributed by atoms with Crippen LogP contribution in [-0.2, 0) is 23.1 Å². The number of rotatable bonds is 4. The van der Waals surface area contributed by atoms with E-state index in [1.54, 1.807) is 35.5 Å². The standard InChI is InChI=1S/C17H18N4O3S/c1-4-24-14(22)10-21-12-6-5-11(2)9-13(12)25-17(21)19-16(23)15-18-7-8-20(15)3/h5-9H,4,10H2,1-3H3. The first-order valence-corrected chi connectivity index (χ1v) is 8.63. The molecule has 0 aliphatic heterocycles. The van der Waals surface area contributed by atoms with Crippen molar-refractivity contribution in [2.24, 2.45) is 12.0 Å². The van der Waals surface area contributed by atoms with Crippen LogP contribution in [0.4, 0.5) is 0 Å². The zero-order valence-electron chi connectivity index (χ0n) is 14.2. The Hall–Kier alpha value is -2.74. The highest BCUT2D eigenvalue weighted by atomic mass is 32.1. The molecule has 0 bridgehead atoms. The summed E-state index contributed by atoms with van der Waals surface area (Å²) in [4.78, 5) is 33.1. The molecule has 0 atom stereocenters. The van der Waals surface area contributed by atoms with Crippen LogP contribution in [0.15, 0.2) is 35.6 Å². The van der Waals surface area contributed by atoms with Gasteiger partial charge in [0.1, 0.15) is 6.54 Å². The van der Waals surface area contributed by atoms with Crippen LogP contribution in [0.3, 0.4) is 0 Å². The molecule has 0 saturated carbocycles. The van der Waals surface area contributed by atoms with E-state index in [2.05, 4.69) is 9.98 Å². The van der Waals surface area contributed by atoms with E-state index >= 15 is 0 Å². The number of carbonyl (C=O) groups is 2. The van der Waals surface area contributed by atoms with Gasteiger partial charge in [-0.2, -0.15) is 4.99 Å². The first-order chi connectivity index (χ1) is 12.0. The van der Waals surface area contributed by atoms with Gasteiger partial charge in [0, 0.05) is 19.4 Å². The predicted octanol–water partition coefficient (Wildman–Crippen LogP) is 2.05. The molecule has 1 amide bonds. The number of fused-ring (bicyclic) bond motifs is 1. The van der Waals surface area contributed by atoms with Gasteiger partial charge >= 0.3 is 11.9 Å². The van der Waals surface area contributed by atoms with Crippen molar-refractivity contribution in [3.05, 3.63) is 46.8 Å². The van der Waals surface area contributed by atoms with Crippen LogP contribution in [0.5, 0.6) is 0 Å². The highest BCUT2D eigenvalue weighted by Gasteiger charge is 2.14. The lowest BCUT2D eigenvalue weighted by molar-refractivity contribution is -0.143. The molecule has 0 radical (unpaired) electrons. The van der Waals surface area contributed by atoms with Crippen molar-refractivity contribution in [2.45, 2.75) is 20.4 Å². The van der Waals surface area contributed by atoms with Gasteiger partial charge in [-0.15, -0.1) is 0 Å². The van der Waals surface area contributed by atoms with Crippen LogP contribution in [0, 0.1) is 6.92 Å². The lowest BCUT2D eigenvalue weighted by Gasteiger charge is -2.05. The molecule has 2 aromatic heterocycles. The molecular formula is C17H18N4O3S. The largest absolute Gasteiger partial charge is 0.465 e. The molecule has 130 valence electrons. The SMILES string of the molecule is CCOC(=O)Cn1c(=NC(=O)c2nccn2C)sc2cc(C)ccc21. The quantitative estimate of drug-likeness (QED) is 0.669. The average molecular weight is 358 g/mol. The summed E-state index contributed by atoms with van der Waals surface area (Å²) >= 11 is 1.36. The van der Waals surface area contributed by atoms with Crippen molar-refractivity contribution < 1.29 is 14.3 Å². The van der Waals surface area contributed by atoms with Gasteiger partial charge in [-0.05, 0) is 31.5 Å². The van der Waals surface area contributed by atoms with E-state index in [0.717, 1.165) is 15.8 Å². The number of ether oxygens (including phenoxy) is 1. The minimum atomic E-state index is -0.451. The van der Waals surface area contributed by atoms with Crippen molar-refractivity contribution in [3.63, 3.8) is 0 Å². The number of hydrogen-bond acceptors (Lipinski definition) is 5. The smallest absolute Gasteiger partial charge is 0.326 e. The van der Waals surface area contributed by atoms with Gasteiger partial charge in [0.25, 0.3) is 0 Å². The lowest BCUT2D eigenvalue weighted by atomic mass is 10.2. The molecule has 2 heterocycles. The van der Waals surface area contributed by atoms with Crippen LogP contribution in [-0.4, -0.2) is 32.6 Å². The molecule has 1 aromatic carbocycles. The second kappa shape index (κ2) is 7.02. The number of amides is 1. The summed E-state index contributed by atoms with van der Waals surface area (Å²) in [5.74, 6) is -0.571. The summed E-state index contributed by atoms with van der Waals surface area (Å²) in [6.07, 6.45) is 3.23. The third kappa shape index (κ3) is 3.53. The maximum absolute atomic E-state index is 12.4. The Balaban J connectivity index is 2.12. The van der Waals surface area contributed by atoms with Crippen LogP contribution >= 0.6 is 11.3 Å². The molecule has 3 rings (SSSR count). The van der Waals surface area contributed by atoms with Gasteiger partial charge in [0.15, 0.2) is 4.80 Å². The van der Waals surface area contributed by atoms with Gasteiger partial charge in [-0.3, -0.25) is 9.59 Å². The summed E-state index contributed by atoms with van der Waals surface area (Å²) in [7, 11) is 1.73. The summed E-state index contributed by atoms with van der Waals surface area (Å²) in [6.45, 7) is 4.06. The summed E-state index contributed by atoms with van der Waals surface area (Å²) in [5, 5.41) is 0. The number of nitrogens with zero attached hydrogens (tertiary/aromatic N) is 4. The molecule has 3 aromatic rings. The minimum Gasteiger partial charge on any atom is -0.465 e. The lowest BCUT2D eigenvalue weighted by Crippen LogP contribution is -2.23. The Labute approximate surface area is 148 Å². The highest BCUT2D eigenvalue weighted by Crippen LogP contribution is 2.19. The van der Waals surface area contributed by atoms with E-state index in [4.69, 9.17) is 4.74 Å². The zero-order chi connectivity index (χ0) is 18.0. The number of imidazole rings is 1. The number of benzene rings is 1. The molecular weight excluding hydrogens is 340 g/mol. The summed E-state index contributed by atoms with van der Waals surface area (Å²) < 4.78 is 9.31. The number of aryl methyl sites for hydroxylation is 2. The molecule has 8 heteroatoms. The van der Waals surface area contributed by atoms with Crippen LogP contribution in [0.25, 0.3) is 10.2 Å². The topological polar surface area (TPSA) is 78.5 Å². The third-order valence-electron chi connectivity index (χ3n) is 3.64. The molecule has 0 aliphatic carbocycles. The number of aromatic nitrogens is 3. The molecule has 0 fully saturated rings. The molecule has 0 unspecified atom stereocenters. The Bertz CT molecular complexity index is 1010. The second-order valence-corrected chi connectivity index (χ2v) is 6.53. The molecule has 0 spiro atoms. The van der Waals surface area contributed by atoms with Gasteiger partial charge in [-0.1, -0.05) is 17.4 Å². The van der Waals surface area contributed by atoms with Crippen molar-refractivity contribution in [2.75, 3.05) is 6.61 Å². The van der Waals surface area contributed by atoms with Crippen molar-refractivity contribution >= 4 is 33.4 Å². The maximum Gasteiger partial charge on any atom is 0.326 e. The second-order valence-electron chi connectivity index (χ2n) is 5.53. The monoisotopic (exact) mass is 358 g/mol. The minimum absolute atomic E-state index is 0.00355. The zero-order valence-corrected chi connectivity index (χ0v) is 15.0. The van der Waals surface area contributed by atoms with E-state index in [0.29, 0.717) is 11.4 Å². The average Bonchev–Trinajstić information content (AvgIpc) is 3.11. The normalized spacial score (nSPS) is 11.9. The fraction of sp³-hybridized carbons (Fsp3) is 0.294. The Kier molecular flexibility index (Phi) is 4.80. The van der Waals surface area contributed by atoms with Gasteiger partial charge in [0.05, 0.1) is 16.8 Å². The molecule has 0 aliphatic rings. The van der Waals surface area contributed by atoms with Gasteiger partial charge < -0.3 is 13.9 Å². The molecule has 25 heavy (non-hydrogen) atoms. The van der Waals surface area contributed by atoms with Crippen LogP contribution < -0.4 is 4.80 Å². The van der Waals surface area contributed by atoms with E-state index < -0.39 is 5.91 Å². The number of hydrogen-bond donors (Lipinski definition) is 0. The van der Waals surface area contributed by atoms with Crippen molar-refractivity contribution in [3.8, 4) is 0 Å². The molecule has 7 nitrogen and oxygen atoms in total. The van der Waals surface area contributed by atoms with Crippen LogP contribution in [0.2, 0.25) is 0 Å². The van der Waals surface area contributed by atoms with E-state index in [1.165, 1.54) is 11.3 Å². The number of thiazole rings is 1. The Morgan fingerprint density at radius 2 is 2.16 bits per heavy atom. The summed E-state index contributed by atoms with van der Waals surface area (Å²) in [5.41, 5.74) is 1.94. The van der Waals surface area contributed by atoms with Gasteiger partial charge in [0.2, 0.25) is 5.82 Å². The van der Waals surface area contributed by atoms with E-state index in [-0.39, 0.29) is 18.3 Å². The molecule has 0 N–H and O–H groups in total. The number of esters is 1. The van der Waals surface area contributed by atoms with E-state index in [9.17, 15) is 9.59 Å². The highest BCUT2D eigenvalue weighted by molar-refractivity contribution is 7.16. The first-order valence-electron chi connectivity index (χ1n) is 7.81. The summed E-state index contributed by atoms with van der Waals surface area (Å²) in [6, 6.07) is 5.89. The van der Waals surface area contributed by atoms with Crippen LogP contribution in [0.1, 0.15) is 23.1 Å². The third-order valence-corrected chi connectivity index (χ3v) is 4.68.